The third-order valence-electron chi connectivity index (χ3n) is 14.0. The van der Waals surface area contributed by atoms with E-state index in [1.54, 1.807) is 23.6 Å². The molecule has 4 aromatic heterocycles. The van der Waals surface area contributed by atoms with E-state index in [9.17, 15) is 39.6 Å². The molecule has 1 saturated heterocycles. The summed E-state index contributed by atoms with van der Waals surface area (Å²) in [5, 5.41) is 51.5. The first-order valence-corrected chi connectivity index (χ1v) is 22.2. The van der Waals surface area contributed by atoms with Crippen LogP contribution in [0.2, 0.25) is 0 Å². The van der Waals surface area contributed by atoms with Gasteiger partial charge in [-0.25, -0.2) is 29.0 Å². The molecule has 7 heterocycles. The van der Waals surface area contributed by atoms with Crippen molar-refractivity contribution >= 4 is 33.9 Å². The number of hydrogen-bond acceptors (Lipinski definition) is 10. The number of nitrogens with zero attached hydrogens (tertiary/aromatic N) is 6. The van der Waals surface area contributed by atoms with E-state index in [0.717, 1.165) is 39.4 Å². The number of piperidine rings is 1. The zero-order chi connectivity index (χ0) is 45.6. The molecule has 10 rings (SSSR count). The fourth-order valence-corrected chi connectivity index (χ4v) is 10.4. The number of carboxylic acid groups (broad SMARTS) is 1. The summed E-state index contributed by atoms with van der Waals surface area (Å²) >= 11 is 0. The van der Waals surface area contributed by atoms with Crippen LogP contribution in [-0.2, 0) is 41.2 Å². The van der Waals surface area contributed by atoms with Crippen LogP contribution in [-0.4, -0.2) is 72.8 Å². The maximum absolute atomic E-state index is 13.9. The van der Waals surface area contributed by atoms with Gasteiger partial charge in [0.1, 0.15) is 18.1 Å². The fraction of sp³-hybridized carbons (Fsp3) is 0.347. The number of aromatic amines is 1. The summed E-state index contributed by atoms with van der Waals surface area (Å²) in [6, 6.07) is 17.9. The van der Waals surface area contributed by atoms with Crippen LogP contribution in [0.5, 0.6) is 11.5 Å². The summed E-state index contributed by atoms with van der Waals surface area (Å²) in [6.45, 7) is 8.73. The highest BCUT2D eigenvalue weighted by Crippen LogP contribution is 2.43. The highest BCUT2D eigenvalue weighted by atomic mass is 16.6. The Hall–Kier alpha value is -7.20. The second-order valence-electron chi connectivity index (χ2n) is 17.8. The molecule has 5 N–H and O–H groups in total. The van der Waals surface area contributed by atoms with Gasteiger partial charge in [0.15, 0.2) is 11.4 Å². The second kappa shape index (κ2) is 15.5. The van der Waals surface area contributed by atoms with Gasteiger partial charge in [-0.3, -0.25) is 4.79 Å². The van der Waals surface area contributed by atoms with Gasteiger partial charge in [-0.05, 0) is 109 Å². The van der Waals surface area contributed by atoms with Gasteiger partial charge in [0.05, 0.1) is 46.3 Å². The molecule has 3 atom stereocenters. The average molecular weight is 880 g/mol. The Balaban J connectivity index is 0.913. The number of cyclic esters (lactones) is 1. The topological polar surface area (TPSA) is 218 Å². The summed E-state index contributed by atoms with van der Waals surface area (Å²) in [5.41, 5.74) is 4.93. The normalized spacial score (nSPS) is 19.2. The number of carbonyl (C=O) groups is 2. The lowest BCUT2D eigenvalue weighted by molar-refractivity contribution is -0.172. The molecule has 7 aromatic rings. The Kier molecular flexibility index (Phi) is 9.97. The van der Waals surface area contributed by atoms with Crippen LogP contribution in [0, 0.1) is 5.92 Å². The van der Waals surface area contributed by atoms with E-state index in [1.165, 1.54) is 15.5 Å². The van der Waals surface area contributed by atoms with Gasteiger partial charge >= 0.3 is 17.8 Å². The molecule has 1 amide bonds. The molecule has 0 spiro atoms. The minimum absolute atomic E-state index is 0.0335. The zero-order valence-corrected chi connectivity index (χ0v) is 36.5. The number of aromatic nitrogens is 6. The van der Waals surface area contributed by atoms with Gasteiger partial charge in [0.25, 0.3) is 5.56 Å². The van der Waals surface area contributed by atoms with Crippen LogP contribution in [0.4, 0.5) is 4.79 Å². The molecule has 3 aromatic carbocycles. The zero-order valence-electron chi connectivity index (χ0n) is 36.5. The first-order chi connectivity index (χ1) is 31.2. The van der Waals surface area contributed by atoms with Crippen molar-refractivity contribution in [2.24, 2.45) is 5.92 Å². The lowest BCUT2D eigenvalue weighted by Gasteiger charge is -2.38. The molecule has 0 bridgehead atoms. The summed E-state index contributed by atoms with van der Waals surface area (Å²) in [5.74, 6) is -0.599. The number of benzene rings is 3. The number of pyridine rings is 2. The number of hydrogen-bond donors (Lipinski definition) is 5. The third-order valence-corrected chi connectivity index (χ3v) is 14.0. The van der Waals surface area contributed by atoms with Crippen molar-refractivity contribution in [1.29, 1.82) is 0 Å². The van der Waals surface area contributed by atoms with Crippen LogP contribution in [0.25, 0.3) is 50.3 Å². The van der Waals surface area contributed by atoms with Crippen LogP contribution >= 0.6 is 0 Å². The van der Waals surface area contributed by atoms with Crippen molar-refractivity contribution in [2.45, 2.75) is 97.1 Å². The number of phenols is 2. The minimum Gasteiger partial charge on any atom is -0.508 e. The molecule has 16 heteroatoms. The van der Waals surface area contributed by atoms with Gasteiger partial charge in [-0.1, -0.05) is 33.8 Å². The molecule has 0 saturated carbocycles. The fourth-order valence-electron chi connectivity index (χ4n) is 10.4. The van der Waals surface area contributed by atoms with Gasteiger partial charge in [0.2, 0.25) is 0 Å². The van der Waals surface area contributed by atoms with E-state index >= 15 is 0 Å². The molecule has 65 heavy (non-hydrogen) atoms. The van der Waals surface area contributed by atoms with Crippen LogP contribution in [0.15, 0.2) is 76.4 Å². The van der Waals surface area contributed by atoms with E-state index in [1.807, 2.05) is 63.4 Å². The monoisotopic (exact) mass is 879 g/mol. The largest absolute Gasteiger partial charge is 0.508 e. The number of ether oxygens (including phenoxy) is 1. The summed E-state index contributed by atoms with van der Waals surface area (Å²) in [7, 11) is 0. The molecular formula is C49H49N7O9. The van der Waals surface area contributed by atoms with E-state index < -0.39 is 23.4 Å². The van der Waals surface area contributed by atoms with E-state index in [0.29, 0.717) is 66.1 Å². The number of likely N-dealkylation sites (tertiary alicyclic amines) is 1. The quantitative estimate of drug-likeness (QED) is 0.0914. The summed E-state index contributed by atoms with van der Waals surface area (Å²) in [4.78, 5) is 59.0. The lowest BCUT2D eigenvalue weighted by atomic mass is 9.84. The van der Waals surface area contributed by atoms with Gasteiger partial charge in [0, 0.05) is 52.8 Å². The molecule has 334 valence electrons. The van der Waals surface area contributed by atoms with Crippen molar-refractivity contribution in [3.8, 4) is 40.0 Å². The number of nitrogens with one attached hydrogen (secondary N) is 1. The highest BCUT2D eigenvalue weighted by Gasteiger charge is 2.45. The molecule has 0 aliphatic carbocycles. The Morgan fingerprint density at radius 2 is 1.82 bits per heavy atom. The van der Waals surface area contributed by atoms with Crippen molar-refractivity contribution in [3.63, 3.8) is 0 Å². The number of amides is 1. The Morgan fingerprint density at radius 1 is 1.00 bits per heavy atom. The maximum Gasteiger partial charge on any atom is 0.407 e. The molecule has 3 aliphatic heterocycles. The van der Waals surface area contributed by atoms with E-state index in [2.05, 4.69) is 20.8 Å². The average Bonchev–Trinajstić information content (AvgIpc) is 4.00. The first kappa shape index (κ1) is 41.8. The summed E-state index contributed by atoms with van der Waals surface area (Å²) < 4.78 is 10.5. The van der Waals surface area contributed by atoms with E-state index in [-0.39, 0.29) is 71.5 Å². The SMILES string of the molecule is CCc1c2c(nc3ccc(C4CC(CCn5ccc6cc(-n7c(-c8cc(C(C)C)c(O)cc8O)n[nH]c7=O)ccc65)CCN4C(=O)O)cc13)-c1cc3c(c(=O)n1C2)COC(=O)C3(O)CC. The van der Waals surface area contributed by atoms with Crippen molar-refractivity contribution in [3.05, 3.63) is 121 Å². The Bertz CT molecular complexity index is 3250. The van der Waals surface area contributed by atoms with Crippen LogP contribution in [0.1, 0.15) is 98.7 Å². The predicted octanol–water partition coefficient (Wildman–Crippen LogP) is 7.19. The van der Waals surface area contributed by atoms with Gasteiger partial charge in [-0.15, -0.1) is 0 Å². The molecule has 16 nitrogen and oxygen atoms in total. The van der Waals surface area contributed by atoms with Crippen molar-refractivity contribution in [1.82, 2.24) is 33.8 Å². The smallest absolute Gasteiger partial charge is 0.407 e. The Labute approximate surface area is 372 Å². The number of rotatable bonds is 9. The molecule has 1 fully saturated rings. The number of aliphatic hydroxyl groups is 1. The van der Waals surface area contributed by atoms with Crippen molar-refractivity contribution in [2.75, 3.05) is 6.54 Å². The number of aromatic hydroxyl groups is 2. The van der Waals surface area contributed by atoms with Gasteiger partial charge < -0.3 is 39.2 Å². The Morgan fingerprint density at radius 3 is 2.57 bits per heavy atom. The van der Waals surface area contributed by atoms with Gasteiger partial charge in [-0.2, -0.15) is 5.10 Å². The number of fused-ring (bicyclic) bond motifs is 6. The summed E-state index contributed by atoms with van der Waals surface area (Å²) in [6.07, 6.45) is 3.88. The van der Waals surface area contributed by atoms with E-state index in [4.69, 9.17) is 9.72 Å². The molecular weight excluding hydrogens is 831 g/mol. The number of aryl methyl sites for hydroxylation is 2. The third kappa shape index (κ3) is 6.60. The molecule has 3 unspecified atom stereocenters. The van der Waals surface area contributed by atoms with Crippen LogP contribution < -0.4 is 11.2 Å². The number of carbonyl (C=O) groups excluding carboxylic acids is 1. The second-order valence-corrected chi connectivity index (χ2v) is 17.8. The number of esters is 1. The standard InChI is InChI=1S/C49H49N7O9/c1-5-30-32-19-27(7-9-37(32)50-43-34(30)23-55-40(43)21-36-35(45(55)59)24-65-46(60)49(36,64)6-2)39-17-26(12-16-54(39)48(62)63)11-14-53-15-13-28-18-29(8-10-38(28)53)56-44(51-52-47(56)61)33-20-31(25(3)4)41(57)22-42(33)58/h7-10,13,15,18-22,25-26,39,57-58,64H,5-6,11-12,14,16-17,23-24H2,1-4H3,(H,52,61)(H,62,63). The maximum atomic E-state index is 13.9. The van der Waals surface area contributed by atoms with Crippen LogP contribution in [0.3, 0.4) is 0 Å². The molecule has 0 radical (unpaired) electrons. The molecule has 3 aliphatic rings. The lowest BCUT2D eigenvalue weighted by Crippen LogP contribution is -2.44. The number of H-pyrrole nitrogens is 1. The first-order valence-electron chi connectivity index (χ1n) is 22.2. The van der Waals surface area contributed by atoms with Crippen molar-refractivity contribution < 1.29 is 34.8 Å². The minimum atomic E-state index is -1.92. The number of phenolic OH excluding ortho intramolecular Hbond substituents is 2. The highest BCUT2D eigenvalue weighted by molar-refractivity contribution is 5.90. The predicted molar refractivity (Wildman–Crippen MR) is 241 cm³/mol.